The van der Waals surface area contributed by atoms with Crippen LogP contribution in [-0.2, 0) is 32.7 Å². The van der Waals surface area contributed by atoms with Crippen LogP contribution in [0.1, 0.15) is 149 Å². The van der Waals surface area contributed by atoms with Gasteiger partial charge in [-0.15, -0.1) is 0 Å². The number of phosphoric ester groups is 1. The lowest BCUT2D eigenvalue weighted by molar-refractivity contribution is -0.870. The van der Waals surface area contributed by atoms with Gasteiger partial charge in [0.25, 0.3) is 0 Å². The number of hydrogen-bond donors (Lipinski definition) is 1. The average molecular weight is 741 g/mol. The maximum atomic E-state index is 12.6. The topological polar surface area (TPSA) is 108 Å². The molecule has 51 heavy (non-hydrogen) atoms. The van der Waals surface area contributed by atoms with Crippen molar-refractivity contribution in [2.75, 3.05) is 47.5 Å². The van der Waals surface area contributed by atoms with Gasteiger partial charge in [-0.2, -0.15) is 0 Å². The second-order valence-corrected chi connectivity index (χ2v) is 15.7. The summed E-state index contributed by atoms with van der Waals surface area (Å²) in [5, 5.41) is 0. The highest BCUT2D eigenvalue weighted by Gasteiger charge is 2.27. The zero-order valence-corrected chi connectivity index (χ0v) is 34.0. The molecule has 0 aromatic heterocycles. The molecule has 0 aliphatic rings. The molecule has 0 rings (SSSR count). The molecule has 0 saturated heterocycles. The SMILES string of the molecule is CC/C=C\C/C=C\C/C=C\C/C=C\CCC(=O)OC(COC(=O)CCCCCCCCCCCCCCCC)COP(=O)(O)OCC[N+](C)(C)C. The van der Waals surface area contributed by atoms with E-state index in [1.54, 1.807) is 0 Å². The van der Waals surface area contributed by atoms with E-state index in [9.17, 15) is 19.0 Å². The lowest BCUT2D eigenvalue weighted by Crippen LogP contribution is -2.37. The summed E-state index contributed by atoms with van der Waals surface area (Å²) in [7, 11) is 1.43. The second-order valence-electron chi connectivity index (χ2n) is 14.3. The number of nitrogens with zero attached hydrogens (tertiary/aromatic N) is 1. The van der Waals surface area contributed by atoms with E-state index in [4.69, 9.17) is 18.5 Å². The summed E-state index contributed by atoms with van der Waals surface area (Å²) in [6.45, 7) is 4.20. The van der Waals surface area contributed by atoms with Crippen LogP contribution in [0.3, 0.4) is 0 Å². The summed E-state index contributed by atoms with van der Waals surface area (Å²) >= 11 is 0. The summed E-state index contributed by atoms with van der Waals surface area (Å²) in [6.07, 6.45) is 37.5. The maximum absolute atomic E-state index is 12.6. The van der Waals surface area contributed by atoms with Crippen LogP contribution in [0, 0.1) is 0 Å². The van der Waals surface area contributed by atoms with Crippen molar-refractivity contribution in [1.29, 1.82) is 0 Å². The standard InChI is InChI=1S/C41H74NO8P/c1-6-8-10-12-14-16-18-20-22-23-25-27-29-31-33-40(43)47-37-39(38-49-51(45,46)48-36-35-42(3,4)5)50-41(44)34-32-30-28-26-24-21-19-17-15-13-11-9-7-2/h9,11,15,17,21,24,28,30,39H,6-8,10,12-14,16,18-20,22-23,25-27,29,31-38H2,1-5H3/p+1/b11-9-,17-15-,24-21-,30-28-. The number of phosphoric acid groups is 1. The van der Waals surface area contributed by atoms with E-state index in [2.05, 4.69) is 50.3 Å². The molecule has 0 bridgehead atoms. The number of esters is 2. The van der Waals surface area contributed by atoms with Crippen molar-refractivity contribution in [2.24, 2.45) is 0 Å². The number of ether oxygens (including phenoxy) is 2. The molecular formula is C41H75NO8P+. The number of hydrogen-bond acceptors (Lipinski definition) is 7. The Balaban J connectivity index is 4.51. The smallest absolute Gasteiger partial charge is 0.462 e. The quantitative estimate of drug-likeness (QED) is 0.0225. The van der Waals surface area contributed by atoms with Crippen LogP contribution in [0.15, 0.2) is 48.6 Å². The Morgan fingerprint density at radius 3 is 1.63 bits per heavy atom. The summed E-state index contributed by atoms with van der Waals surface area (Å²) in [5.41, 5.74) is 0. The van der Waals surface area contributed by atoms with Gasteiger partial charge in [0.15, 0.2) is 6.10 Å². The molecule has 10 heteroatoms. The summed E-state index contributed by atoms with van der Waals surface area (Å²) < 4.78 is 34.1. The van der Waals surface area contributed by atoms with Crippen LogP contribution < -0.4 is 0 Å². The number of allylic oxidation sites excluding steroid dienone is 8. The average Bonchev–Trinajstić information content (AvgIpc) is 3.07. The molecule has 9 nitrogen and oxygen atoms in total. The first kappa shape index (κ1) is 49.0. The number of quaternary nitrogens is 1. The van der Waals surface area contributed by atoms with Crippen molar-refractivity contribution < 1.29 is 42.1 Å². The van der Waals surface area contributed by atoms with Crippen molar-refractivity contribution in [3.05, 3.63) is 48.6 Å². The largest absolute Gasteiger partial charge is 0.472 e. The summed E-state index contributed by atoms with van der Waals surface area (Å²) in [4.78, 5) is 35.2. The lowest BCUT2D eigenvalue weighted by atomic mass is 10.0. The van der Waals surface area contributed by atoms with E-state index in [1.807, 2.05) is 33.3 Å². The van der Waals surface area contributed by atoms with Crippen molar-refractivity contribution in [2.45, 2.75) is 155 Å². The number of rotatable bonds is 35. The predicted octanol–water partition coefficient (Wildman–Crippen LogP) is 10.7. The monoisotopic (exact) mass is 741 g/mol. The van der Waals surface area contributed by atoms with E-state index in [-0.39, 0.29) is 32.0 Å². The number of likely N-dealkylation sites (N-methyl/N-ethyl adjacent to an activating group) is 1. The van der Waals surface area contributed by atoms with E-state index < -0.39 is 26.5 Å². The Labute approximate surface area is 312 Å². The van der Waals surface area contributed by atoms with Crippen LogP contribution in [0.2, 0.25) is 0 Å². The van der Waals surface area contributed by atoms with Gasteiger partial charge in [0.2, 0.25) is 0 Å². The Morgan fingerprint density at radius 1 is 0.627 bits per heavy atom. The molecule has 1 N–H and O–H groups in total. The minimum absolute atomic E-state index is 0.0186. The summed E-state index contributed by atoms with van der Waals surface area (Å²) in [6, 6.07) is 0. The molecule has 0 heterocycles. The first-order valence-corrected chi connectivity index (χ1v) is 21.4. The Bertz CT molecular complexity index is 1020. The molecule has 2 atom stereocenters. The fraction of sp³-hybridized carbons (Fsp3) is 0.756. The molecule has 0 amide bonds. The molecular weight excluding hydrogens is 665 g/mol. The molecule has 0 aliphatic heterocycles. The third-order valence-corrected chi connectivity index (χ3v) is 9.12. The van der Waals surface area contributed by atoms with Crippen molar-refractivity contribution in [3.63, 3.8) is 0 Å². The van der Waals surface area contributed by atoms with E-state index in [0.717, 1.165) is 44.9 Å². The Morgan fingerprint density at radius 2 is 1.12 bits per heavy atom. The highest BCUT2D eigenvalue weighted by Crippen LogP contribution is 2.43. The molecule has 0 aliphatic carbocycles. The third-order valence-electron chi connectivity index (χ3n) is 8.14. The van der Waals surface area contributed by atoms with Gasteiger partial charge in [0.1, 0.15) is 19.8 Å². The molecule has 2 unspecified atom stereocenters. The van der Waals surface area contributed by atoms with Gasteiger partial charge in [-0.1, -0.05) is 146 Å². The maximum Gasteiger partial charge on any atom is 0.472 e. The number of unbranched alkanes of at least 4 members (excludes halogenated alkanes) is 13. The zero-order chi connectivity index (χ0) is 37.9. The van der Waals surface area contributed by atoms with Gasteiger partial charge in [-0.05, 0) is 38.5 Å². The summed E-state index contributed by atoms with van der Waals surface area (Å²) in [5.74, 6) is -0.894. The van der Waals surface area contributed by atoms with Gasteiger partial charge in [-0.3, -0.25) is 18.6 Å². The minimum Gasteiger partial charge on any atom is -0.462 e. The van der Waals surface area contributed by atoms with Gasteiger partial charge >= 0.3 is 19.8 Å². The second kappa shape index (κ2) is 33.8. The Kier molecular flexibility index (Phi) is 32.4. The highest BCUT2D eigenvalue weighted by molar-refractivity contribution is 7.47. The van der Waals surface area contributed by atoms with Crippen molar-refractivity contribution in [3.8, 4) is 0 Å². The molecule has 0 radical (unpaired) electrons. The van der Waals surface area contributed by atoms with Crippen LogP contribution in [-0.4, -0.2) is 74.9 Å². The molecule has 296 valence electrons. The van der Waals surface area contributed by atoms with Gasteiger partial charge in [-0.25, -0.2) is 4.57 Å². The van der Waals surface area contributed by atoms with E-state index >= 15 is 0 Å². The molecule has 0 spiro atoms. The molecule has 0 aromatic carbocycles. The van der Waals surface area contributed by atoms with Crippen molar-refractivity contribution in [1.82, 2.24) is 0 Å². The van der Waals surface area contributed by atoms with E-state index in [0.29, 0.717) is 17.4 Å². The fourth-order valence-corrected chi connectivity index (χ4v) is 5.77. The minimum atomic E-state index is -4.39. The number of carbonyl (C=O) groups is 2. The fourth-order valence-electron chi connectivity index (χ4n) is 5.03. The van der Waals surface area contributed by atoms with Crippen LogP contribution >= 0.6 is 7.82 Å². The molecule has 0 saturated carbocycles. The lowest BCUT2D eigenvalue weighted by Gasteiger charge is -2.24. The molecule has 0 aromatic rings. The molecule has 0 fully saturated rings. The highest BCUT2D eigenvalue weighted by atomic mass is 31.2. The Hall–Kier alpha value is -2.03. The first-order chi connectivity index (χ1) is 24.5. The van der Waals surface area contributed by atoms with Crippen molar-refractivity contribution >= 4 is 19.8 Å². The predicted molar refractivity (Wildman–Crippen MR) is 210 cm³/mol. The van der Waals surface area contributed by atoms with Crippen LogP contribution in [0.5, 0.6) is 0 Å². The van der Waals surface area contributed by atoms with Gasteiger partial charge in [0, 0.05) is 12.8 Å². The third kappa shape index (κ3) is 37.5. The zero-order valence-electron chi connectivity index (χ0n) is 33.1. The van der Waals surface area contributed by atoms with Crippen LogP contribution in [0.25, 0.3) is 0 Å². The number of carbonyl (C=O) groups excluding carboxylic acids is 2. The van der Waals surface area contributed by atoms with E-state index in [1.165, 1.54) is 70.6 Å². The van der Waals surface area contributed by atoms with Gasteiger partial charge < -0.3 is 18.9 Å². The first-order valence-electron chi connectivity index (χ1n) is 19.9. The van der Waals surface area contributed by atoms with Crippen LogP contribution in [0.4, 0.5) is 0 Å². The van der Waals surface area contributed by atoms with Gasteiger partial charge in [0.05, 0.1) is 27.7 Å². The normalized spacial score (nSPS) is 14.2.